The summed E-state index contributed by atoms with van der Waals surface area (Å²) in [6, 6.07) is 24.4. The number of hydrogen-bond donors (Lipinski definition) is 0. The van der Waals surface area contributed by atoms with Gasteiger partial charge >= 0.3 is 20.4 Å². The van der Waals surface area contributed by atoms with E-state index < -0.39 is 58.2 Å². The normalized spacial score (nSPS) is 9.03. The van der Waals surface area contributed by atoms with Gasteiger partial charge in [0.15, 0.2) is 0 Å². The van der Waals surface area contributed by atoms with Gasteiger partial charge in [0.05, 0.1) is 81.4 Å². The molecule has 13 heteroatoms. The summed E-state index contributed by atoms with van der Waals surface area (Å²) in [4.78, 5) is 0. The van der Waals surface area contributed by atoms with Crippen molar-refractivity contribution in [2.75, 3.05) is 0 Å². The van der Waals surface area contributed by atoms with Gasteiger partial charge in [-0.2, -0.15) is 10.5 Å². The SMILES string of the molecule is Fc1[c-]c(F)c(F)c(F)c1F.Fc1[c-]c(F)c(F)c(F)c1F.N#Cc1ccccc1.N#Cc1ccccc1.[Pd+2]. The number of benzene rings is 4. The first-order valence-corrected chi connectivity index (χ1v) is 9.66. The van der Waals surface area contributed by atoms with Crippen LogP contribution in [0, 0.1) is 93.0 Å². The fourth-order valence-corrected chi connectivity index (χ4v) is 2.02. The third kappa shape index (κ3) is 11.0. The van der Waals surface area contributed by atoms with E-state index in [0.29, 0.717) is 11.1 Å². The fraction of sp³-hybridized carbons (Fsp3) is 0. The molecule has 0 amide bonds. The molecule has 0 aliphatic heterocycles. The summed E-state index contributed by atoms with van der Waals surface area (Å²) in [6.45, 7) is 0. The first kappa shape index (κ1) is 34.8. The van der Waals surface area contributed by atoms with Crippen molar-refractivity contribution in [3.63, 3.8) is 0 Å². The van der Waals surface area contributed by atoms with Crippen LogP contribution in [-0.2, 0) is 20.4 Å². The molecule has 39 heavy (non-hydrogen) atoms. The van der Waals surface area contributed by atoms with Crippen LogP contribution in [0.1, 0.15) is 11.1 Å². The molecule has 0 aliphatic carbocycles. The second-order valence-electron chi connectivity index (χ2n) is 6.35. The monoisotopic (exact) mass is 646 g/mol. The second kappa shape index (κ2) is 17.4. The van der Waals surface area contributed by atoms with E-state index in [-0.39, 0.29) is 20.4 Å². The van der Waals surface area contributed by atoms with Gasteiger partial charge in [-0.15, -0.1) is 12.1 Å². The van der Waals surface area contributed by atoms with E-state index in [1.807, 2.05) is 48.5 Å². The first-order valence-electron chi connectivity index (χ1n) is 9.66. The molecule has 2 nitrogen and oxygen atoms in total. The van der Waals surface area contributed by atoms with E-state index in [1.165, 1.54) is 0 Å². The van der Waals surface area contributed by atoms with Gasteiger partial charge in [0.2, 0.25) is 0 Å². The van der Waals surface area contributed by atoms with Gasteiger partial charge in [-0.05, 0) is 24.3 Å². The summed E-state index contributed by atoms with van der Waals surface area (Å²) in [5, 5.41) is 16.6. The van der Waals surface area contributed by atoms with Gasteiger partial charge in [0.1, 0.15) is 0 Å². The predicted molar refractivity (Wildman–Crippen MR) is 112 cm³/mol. The van der Waals surface area contributed by atoms with Crippen molar-refractivity contribution in [1.29, 1.82) is 10.5 Å². The molecule has 4 aromatic carbocycles. The van der Waals surface area contributed by atoms with Gasteiger partial charge in [0.25, 0.3) is 0 Å². The topological polar surface area (TPSA) is 47.6 Å². The molecule has 0 saturated heterocycles. The van der Waals surface area contributed by atoms with Crippen LogP contribution in [0.3, 0.4) is 0 Å². The quantitative estimate of drug-likeness (QED) is 0.0654. The molecule has 4 rings (SSSR count). The Bertz CT molecular complexity index is 1270. The largest absolute Gasteiger partial charge is 2.00 e. The van der Waals surface area contributed by atoms with Crippen molar-refractivity contribution in [2.24, 2.45) is 0 Å². The van der Waals surface area contributed by atoms with Gasteiger partial charge in [-0.25, -0.2) is 26.3 Å². The van der Waals surface area contributed by atoms with E-state index in [2.05, 4.69) is 0 Å². The Kier molecular flexibility index (Phi) is 15.5. The Labute approximate surface area is 229 Å². The van der Waals surface area contributed by atoms with E-state index >= 15 is 0 Å². The van der Waals surface area contributed by atoms with Gasteiger partial charge in [-0.1, -0.05) is 36.4 Å². The van der Waals surface area contributed by atoms with Crippen LogP contribution in [-0.4, -0.2) is 0 Å². The molecule has 0 atom stereocenters. The second-order valence-corrected chi connectivity index (χ2v) is 6.35. The summed E-state index contributed by atoms with van der Waals surface area (Å²) in [6.07, 6.45) is 0. The number of nitriles is 2. The third-order valence-corrected chi connectivity index (χ3v) is 3.79. The Morgan fingerprint density at radius 3 is 0.821 bits per heavy atom. The van der Waals surface area contributed by atoms with Crippen molar-refractivity contribution < 1.29 is 64.3 Å². The number of nitrogens with zero attached hydrogens (tertiary/aromatic N) is 2. The van der Waals surface area contributed by atoms with Crippen LogP contribution < -0.4 is 0 Å². The fourth-order valence-electron chi connectivity index (χ4n) is 2.02. The molecule has 204 valence electrons. The van der Waals surface area contributed by atoms with Crippen LogP contribution in [0.5, 0.6) is 0 Å². The molecule has 0 aromatic heterocycles. The molecule has 0 unspecified atom stereocenters. The number of hydrogen-bond acceptors (Lipinski definition) is 2. The van der Waals surface area contributed by atoms with Crippen molar-refractivity contribution in [3.05, 3.63) is 142 Å². The molecular formula is C26H10F10N2Pd. The van der Waals surface area contributed by atoms with Crippen molar-refractivity contribution in [1.82, 2.24) is 0 Å². The van der Waals surface area contributed by atoms with Gasteiger partial charge in [-0.3, -0.25) is 17.6 Å². The van der Waals surface area contributed by atoms with Crippen LogP contribution in [0.4, 0.5) is 43.9 Å². The molecule has 0 spiro atoms. The number of halogens is 10. The molecule has 0 saturated carbocycles. The molecule has 0 radical (unpaired) electrons. The minimum atomic E-state index is -2.17. The van der Waals surface area contributed by atoms with Crippen molar-refractivity contribution in [3.8, 4) is 12.1 Å². The van der Waals surface area contributed by atoms with E-state index in [1.54, 1.807) is 24.3 Å². The summed E-state index contributed by atoms with van der Waals surface area (Å²) < 4.78 is 120. The Hall–Kier alpha value is -4.18. The Morgan fingerprint density at radius 2 is 0.641 bits per heavy atom. The Morgan fingerprint density at radius 1 is 0.410 bits per heavy atom. The summed E-state index contributed by atoms with van der Waals surface area (Å²) in [5.74, 6) is -20.1. The average molecular weight is 647 g/mol. The van der Waals surface area contributed by atoms with Crippen LogP contribution in [0.15, 0.2) is 60.7 Å². The molecule has 0 N–H and O–H groups in total. The molecular weight excluding hydrogens is 637 g/mol. The maximum absolute atomic E-state index is 12.0. The van der Waals surface area contributed by atoms with E-state index in [9.17, 15) is 43.9 Å². The molecule has 0 fully saturated rings. The van der Waals surface area contributed by atoms with Gasteiger partial charge < -0.3 is 0 Å². The maximum Gasteiger partial charge on any atom is 2.00 e. The molecule has 0 heterocycles. The minimum Gasteiger partial charge on any atom is -0.278 e. The first-order chi connectivity index (χ1) is 17.9. The smallest absolute Gasteiger partial charge is 0.278 e. The molecule has 4 aromatic rings. The van der Waals surface area contributed by atoms with E-state index in [4.69, 9.17) is 10.5 Å². The van der Waals surface area contributed by atoms with E-state index in [0.717, 1.165) is 12.1 Å². The minimum absolute atomic E-state index is 0. The summed E-state index contributed by atoms with van der Waals surface area (Å²) in [5.41, 5.74) is 1.43. The molecule has 0 aliphatic rings. The third-order valence-electron chi connectivity index (χ3n) is 3.79. The predicted octanol–water partition coefficient (Wildman–Crippen LogP) is 7.48. The zero-order valence-electron chi connectivity index (χ0n) is 18.8. The zero-order chi connectivity index (χ0) is 28.8. The standard InChI is InChI=1S/2C7H5N.2C6F5.Pd/c2*8-6-7-4-2-1-3-5-7;2*7-2-1-3(8)5(10)6(11)4(2)9;/h2*1-5H;;;/q;;2*-1;+2. The van der Waals surface area contributed by atoms with Crippen molar-refractivity contribution in [2.45, 2.75) is 0 Å². The number of rotatable bonds is 0. The van der Waals surface area contributed by atoms with Crippen LogP contribution >= 0.6 is 0 Å². The Balaban J connectivity index is 0.000000495. The maximum atomic E-state index is 12.0. The van der Waals surface area contributed by atoms with Crippen LogP contribution in [0.2, 0.25) is 0 Å². The molecule has 0 bridgehead atoms. The summed E-state index contributed by atoms with van der Waals surface area (Å²) >= 11 is 0. The average Bonchev–Trinajstić information content (AvgIpc) is 2.94. The summed E-state index contributed by atoms with van der Waals surface area (Å²) in [7, 11) is 0. The van der Waals surface area contributed by atoms with Crippen molar-refractivity contribution >= 4 is 0 Å². The van der Waals surface area contributed by atoms with Gasteiger partial charge in [0, 0.05) is 0 Å². The zero-order valence-corrected chi connectivity index (χ0v) is 20.3. The van der Waals surface area contributed by atoms with Crippen LogP contribution in [0.25, 0.3) is 0 Å².